The van der Waals surface area contributed by atoms with Crippen molar-refractivity contribution in [2.45, 2.75) is 32.1 Å². The Labute approximate surface area is 127 Å². The lowest BCUT2D eigenvalue weighted by molar-refractivity contribution is 0.463. The summed E-state index contributed by atoms with van der Waals surface area (Å²) < 4.78 is 26.7. The molecule has 3 rings (SSSR count). The fraction of sp³-hybridized carbons (Fsp3) is 0.438. The molecule has 0 saturated carbocycles. The lowest BCUT2D eigenvalue weighted by atomic mass is 9.96. The Kier molecular flexibility index (Phi) is 4.31. The summed E-state index contributed by atoms with van der Waals surface area (Å²) in [5.74, 6) is -0.469. The quantitative estimate of drug-likeness (QED) is 0.933. The first-order valence-electron chi connectivity index (χ1n) is 7.24. The van der Waals surface area contributed by atoms with Crippen LogP contribution < -0.4 is 5.32 Å². The first kappa shape index (κ1) is 14.6. The number of benzene rings is 1. The normalized spacial score (nSPS) is 16.3. The molecule has 0 spiro atoms. The number of rotatable bonds is 3. The van der Waals surface area contributed by atoms with Crippen LogP contribution in [0.5, 0.6) is 0 Å². The molecule has 1 fully saturated rings. The molecule has 2 heterocycles. The molecule has 2 nitrogen and oxygen atoms in total. The molecule has 0 unspecified atom stereocenters. The van der Waals surface area contributed by atoms with Gasteiger partial charge in [0.2, 0.25) is 0 Å². The van der Waals surface area contributed by atoms with E-state index < -0.39 is 11.6 Å². The summed E-state index contributed by atoms with van der Waals surface area (Å²) in [5.41, 5.74) is 1.56. The standard InChI is InChI=1S/C16H18F2N2S/c1-10-16(11-4-6-19-7-5-11)21-15(20-10)8-12-2-3-13(17)9-14(12)18/h2-3,9,11,19H,4-8H2,1H3. The van der Waals surface area contributed by atoms with Crippen molar-refractivity contribution in [2.24, 2.45) is 0 Å². The maximum absolute atomic E-state index is 13.7. The van der Waals surface area contributed by atoms with Gasteiger partial charge in [0.25, 0.3) is 0 Å². The van der Waals surface area contributed by atoms with Gasteiger partial charge < -0.3 is 5.32 Å². The van der Waals surface area contributed by atoms with Crippen LogP contribution in [0.25, 0.3) is 0 Å². The largest absolute Gasteiger partial charge is 0.317 e. The predicted octanol–water partition coefficient (Wildman–Crippen LogP) is 3.79. The van der Waals surface area contributed by atoms with E-state index in [2.05, 4.69) is 10.3 Å². The van der Waals surface area contributed by atoms with Crippen LogP contribution >= 0.6 is 11.3 Å². The first-order chi connectivity index (χ1) is 10.1. The van der Waals surface area contributed by atoms with Gasteiger partial charge in [-0.05, 0) is 50.4 Å². The third kappa shape index (κ3) is 3.30. The second-order valence-corrected chi connectivity index (χ2v) is 6.61. The van der Waals surface area contributed by atoms with E-state index in [1.165, 1.54) is 17.0 Å². The molecule has 0 radical (unpaired) electrons. The Hall–Kier alpha value is -1.33. The van der Waals surface area contributed by atoms with E-state index in [0.29, 0.717) is 17.9 Å². The van der Waals surface area contributed by atoms with Crippen LogP contribution in [0.4, 0.5) is 8.78 Å². The summed E-state index contributed by atoms with van der Waals surface area (Å²) >= 11 is 1.67. The van der Waals surface area contributed by atoms with E-state index in [-0.39, 0.29) is 0 Å². The number of piperidine rings is 1. The van der Waals surface area contributed by atoms with Crippen LogP contribution in [-0.4, -0.2) is 18.1 Å². The average molecular weight is 308 g/mol. The second-order valence-electron chi connectivity index (χ2n) is 5.49. The molecule has 1 saturated heterocycles. The SMILES string of the molecule is Cc1nc(Cc2ccc(F)cc2F)sc1C1CCNCC1. The minimum atomic E-state index is -0.540. The number of thiazole rings is 1. The van der Waals surface area contributed by atoms with Crippen LogP contribution in [0.3, 0.4) is 0 Å². The molecule has 5 heteroatoms. The van der Waals surface area contributed by atoms with Gasteiger partial charge in [-0.3, -0.25) is 0 Å². The van der Waals surface area contributed by atoms with E-state index in [9.17, 15) is 8.78 Å². The second kappa shape index (κ2) is 6.20. The molecule has 1 N–H and O–H groups in total. The van der Waals surface area contributed by atoms with Crippen molar-refractivity contribution in [1.82, 2.24) is 10.3 Å². The highest BCUT2D eigenvalue weighted by molar-refractivity contribution is 7.11. The molecule has 112 valence electrons. The molecule has 0 amide bonds. The molecule has 0 bridgehead atoms. The number of aryl methyl sites for hydroxylation is 1. The Balaban J connectivity index is 1.80. The van der Waals surface area contributed by atoms with Gasteiger partial charge in [-0.15, -0.1) is 11.3 Å². The van der Waals surface area contributed by atoms with Gasteiger partial charge in [-0.2, -0.15) is 0 Å². The van der Waals surface area contributed by atoms with Gasteiger partial charge in [0.05, 0.1) is 10.7 Å². The highest BCUT2D eigenvalue weighted by Crippen LogP contribution is 2.33. The highest BCUT2D eigenvalue weighted by atomic mass is 32.1. The molecular formula is C16H18F2N2S. The van der Waals surface area contributed by atoms with Crippen molar-refractivity contribution < 1.29 is 8.78 Å². The zero-order valence-corrected chi connectivity index (χ0v) is 12.8. The highest BCUT2D eigenvalue weighted by Gasteiger charge is 2.21. The van der Waals surface area contributed by atoms with Crippen molar-refractivity contribution in [3.05, 3.63) is 51.0 Å². The Bertz CT molecular complexity index is 633. The monoisotopic (exact) mass is 308 g/mol. The van der Waals surface area contributed by atoms with Gasteiger partial charge in [0, 0.05) is 17.4 Å². The van der Waals surface area contributed by atoms with Crippen LogP contribution in [-0.2, 0) is 6.42 Å². The maximum atomic E-state index is 13.7. The number of nitrogens with zero attached hydrogens (tertiary/aromatic N) is 1. The molecule has 1 aliphatic rings. The zero-order chi connectivity index (χ0) is 14.8. The third-order valence-electron chi connectivity index (χ3n) is 3.94. The van der Waals surface area contributed by atoms with Crippen LogP contribution in [0.2, 0.25) is 0 Å². The predicted molar refractivity (Wildman–Crippen MR) is 80.9 cm³/mol. The fourth-order valence-electron chi connectivity index (χ4n) is 2.83. The number of aromatic nitrogens is 1. The zero-order valence-electron chi connectivity index (χ0n) is 12.0. The smallest absolute Gasteiger partial charge is 0.129 e. The van der Waals surface area contributed by atoms with Crippen molar-refractivity contribution in [1.29, 1.82) is 0 Å². The van der Waals surface area contributed by atoms with Crippen molar-refractivity contribution in [3.63, 3.8) is 0 Å². The molecule has 1 aliphatic heterocycles. The summed E-state index contributed by atoms with van der Waals surface area (Å²) in [6, 6.07) is 3.74. The van der Waals surface area contributed by atoms with Gasteiger partial charge in [-0.1, -0.05) is 6.07 Å². The Morgan fingerprint density at radius 3 is 2.76 bits per heavy atom. The summed E-state index contributed by atoms with van der Waals surface area (Å²) in [6.07, 6.45) is 2.70. The van der Waals surface area contributed by atoms with E-state index >= 15 is 0 Å². The number of halogens is 2. The minimum Gasteiger partial charge on any atom is -0.317 e. The molecule has 2 aromatic rings. The van der Waals surface area contributed by atoms with Gasteiger partial charge in [-0.25, -0.2) is 13.8 Å². The number of hydrogen-bond acceptors (Lipinski definition) is 3. The van der Waals surface area contributed by atoms with Gasteiger partial charge >= 0.3 is 0 Å². The molecular weight excluding hydrogens is 290 g/mol. The molecule has 21 heavy (non-hydrogen) atoms. The Morgan fingerprint density at radius 1 is 1.29 bits per heavy atom. The molecule has 1 aromatic heterocycles. The summed E-state index contributed by atoms with van der Waals surface area (Å²) in [4.78, 5) is 5.91. The molecule has 0 atom stereocenters. The van der Waals surface area contributed by atoms with Crippen molar-refractivity contribution in [3.8, 4) is 0 Å². The summed E-state index contributed by atoms with van der Waals surface area (Å²) in [5, 5.41) is 4.27. The summed E-state index contributed by atoms with van der Waals surface area (Å²) in [7, 11) is 0. The Morgan fingerprint density at radius 2 is 2.05 bits per heavy atom. The maximum Gasteiger partial charge on any atom is 0.129 e. The van der Waals surface area contributed by atoms with Gasteiger partial charge in [0.15, 0.2) is 0 Å². The molecule has 0 aliphatic carbocycles. The van der Waals surface area contributed by atoms with E-state index in [4.69, 9.17) is 0 Å². The van der Waals surface area contributed by atoms with Crippen LogP contribution in [0.1, 0.15) is 39.9 Å². The third-order valence-corrected chi connectivity index (χ3v) is 5.26. The van der Waals surface area contributed by atoms with E-state index in [1.54, 1.807) is 11.3 Å². The van der Waals surface area contributed by atoms with Crippen LogP contribution in [0.15, 0.2) is 18.2 Å². The molecule has 1 aromatic carbocycles. The lowest BCUT2D eigenvalue weighted by Gasteiger charge is -2.21. The fourth-order valence-corrected chi connectivity index (χ4v) is 4.09. The first-order valence-corrected chi connectivity index (χ1v) is 8.06. The van der Waals surface area contributed by atoms with E-state index in [1.807, 2.05) is 6.92 Å². The van der Waals surface area contributed by atoms with Crippen molar-refractivity contribution in [2.75, 3.05) is 13.1 Å². The number of nitrogens with one attached hydrogen (secondary N) is 1. The summed E-state index contributed by atoms with van der Waals surface area (Å²) in [6.45, 7) is 4.12. The lowest BCUT2D eigenvalue weighted by Crippen LogP contribution is -2.26. The minimum absolute atomic E-state index is 0.433. The van der Waals surface area contributed by atoms with Crippen LogP contribution in [0, 0.1) is 18.6 Å². The van der Waals surface area contributed by atoms with Gasteiger partial charge in [0.1, 0.15) is 11.6 Å². The van der Waals surface area contributed by atoms with E-state index in [0.717, 1.165) is 42.7 Å². The van der Waals surface area contributed by atoms with Crippen molar-refractivity contribution >= 4 is 11.3 Å². The topological polar surface area (TPSA) is 24.9 Å². The average Bonchev–Trinajstić information content (AvgIpc) is 2.84. The number of hydrogen-bond donors (Lipinski definition) is 1.